The van der Waals surface area contributed by atoms with Crippen LogP contribution in [0.15, 0.2) is 0 Å². The smallest absolute Gasteiger partial charge is 0.324 e. The molecule has 2 rings (SSSR count). The van der Waals surface area contributed by atoms with Gasteiger partial charge in [-0.2, -0.15) is 0 Å². The first-order valence-corrected chi connectivity index (χ1v) is 11.0. The van der Waals surface area contributed by atoms with Gasteiger partial charge in [-0.3, -0.25) is 14.5 Å². The summed E-state index contributed by atoms with van der Waals surface area (Å²) in [5, 5.41) is 11.8. The standard InChI is InChI=1S/C21H38N4O4/c1-4-5-9-25(21(29)22-8-10-23(2)11-12-26)20(28)17-13-16-14-18(27)6-7-19(16)24(3)15-17/h16-17,19,26H,4-15H2,1-3H3,(H,22,29)/t16-,17-,19-/m1/s1. The van der Waals surface area contributed by atoms with Gasteiger partial charge in [0.1, 0.15) is 5.78 Å². The summed E-state index contributed by atoms with van der Waals surface area (Å²) in [5.74, 6) is 0.141. The molecule has 1 aliphatic carbocycles. The Morgan fingerprint density at radius 1 is 1.28 bits per heavy atom. The summed E-state index contributed by atoms with van der Waals surface area (Å²) >= 11 is 0. The van der Waals surface area contributed by atoms with Crippen LogP contribution in [0.1, 0.15) is 45.4 Å². The number of aliphatic hydroxyl groups is 1. The van der Waals surface area contributed by atoms with Gasteiger partial charge < -0.3 is 20.2 Å². The molecule has 29 heavy (non-hydrogen) atoms. The number of rotatable bonds is 9. The number of amides is 3. The van der Waals surface area contributed by atoms with Crippen molar-refractivity contribution in [3.63, 3.8) is 0 Å². The summed E-state index contributed by atoms with van der Waals surface area (Å²) in [4.78, 5) is 43.4. The van der Waals surface area contributed by atoms with Crippen molar-refractivity contribution in [1.82, 2.24) is 20.0 Å². The minimum Gasteiger partial charge on any atom is -0.395 e. The zero-order valence-electron chi connectivity index (χ0n) is 18.2. The molecule has 0 aromatic heterocycles. The minimum atomic E-state index is -0.342. The van der Waals surface area contributed by atoms with Crippen molar-refractivity contribution >= 4 is 17.7 Å². The number of nitrogens with one attached hydrogen (secondary N) is 1. The van der Waals surface area contributed by atoms with Crippen LogP contribution in [-0.2, 0) is 9.59 Å². The molecule has 2 fully saturated rings. The van der Waals surface area contributed by atoms with Gasteiger partial charge in [-0.15, -0.1) is 0 Å². The van der Waals surface area contributed by atoms with Gasteiger partial charge in [0.05, 0.1) is 12.5 Å². The van der Waals surface area contributed by atoms with E-state index in [1.165, 1.54) is 4.90 Å². The molecule has 1 heterocycles. The van der Waals surface area contributed by atoms with E-state index in [9.17, 15) is 14.4 Å². The second-order valence-corrected chi connectivity index (χ2v) is 8.58. The van der Waals surface area contributed by atoms with Gasteiger partial charge in [0, 0.05) is 51.6 Å². The average Bonchev–Trinajstić information content (AvgIpc) is 2.67. The van der Waals surface area contributed by atoms with E-state index in [4.69, 9.17) is 5.11 Å². The van der Waals surface area contributed by atoms with E-state index >= 15 is 0 Å². The van der Waals surface area contributed by atoms with Crippen LogP contribution in [0.25, 0.3) is 0 Å². The number of unbranched alkanes of at least 4 members (excludes halogenated alkanes) is 1. The first-order chi connectivity index (χ1) is 13.9. The van der Waals surface area contributed by atoms with Crippen molar-refractivity contribution < 1.29 is 19.5 Å². The van der Waals surface area contributed by atoms with Crippen molar-refractivity contribution in [1.29, 1.82) is 0 Å². The lowest BCUT2D eigenvalue weighted by atomic mass is 9.74. The Labute approximate surface area is 174 Å². The number of nitrogens with zero attached hydrogens (tertiary/aromatic N) is 3. The van der Waals surface area contributed by atoms with Crippen LogP contribution in [-0.4, -0.2) is 97.0 Å². The van der Waals surface area contributed by atoms with Crippen molar-refractivity contribution in [2.75, 3.05) is 53.4 Å². The third-order valence-electron chi connectivity index (χ3n) is 6.26. The molecule has 3 atom stereocenters. The van der Waals surface area contributed by atoms with E-state index in [1.807, 2.05) is 25.9 Å². The lowest BCUT2D eigenvalue weighted by Crippen LogP contribution is -2.55. The van der Waals surface area contributed by atoms with E-state index in [0.29, 0.717) is 63.8 Å². The number of aliphatic hydroxyl groups excluding tert-OH is 1. The summed E-state index contributed by atoms with van der Waals surface area (Å²) in [5.41, 5.74) is 0. The molecular formula is C21H38N4O4. The predicted molar refractivity (Wildman–Crippen MR) is 111 cm³/mol. The fourth-order valence-corrected chi connectivity index (χ4v) is 4.58. The summed E-state index contributed by atoms with van der Waals surface area (Å²) in [7, 11) is 3.91. The molecular weight excluding hydrogens is 372 g/mol. The molecule has 8 nitrogen and oxygen atoms in total. The maximum atomic E-state index is 13.3. The second-order valence-electron chi connectivity index (χ2n) is 8.58. The number of likely N-dealkylation sites (N-methyl/N-ethyl adjacent to an activating group) is 1. The number of carbonyl (C=O) groups is 3. The SMILES string of the molecule is CCCCN(C(=O)NCCN(C)CCO)C(=O)[C@@H]1C[C@@H]2CC(=O)CC[C@H]2N(C)C1. The van der Waals surface area contributed by atoms with Gasteiger partial charge in [-0.1, -0.05) is 13.3 Å². The first kappa shape index (κ1) is 23.8. The first-order valence-electron chi connectivity index (χ1n) is 11.0. The van der Waals surface area contributed by atoms with Crippen LogP contribution in [0.5, 0.6) is 0 Å². The molecule has 3 amide bonds. The molecule has 2 N–H and O–H groups in total. The van der Waals surface area contributed by atoms with E-state index < -0.39 is 0 Å². The zero-order valence-corrected chi connectivity index (χ0v) is 18.2. The third kappa shape index (κ3) is 6.76. The summed E-state index contributed by atoms with van der Waals surface area (Å²) in [6.07, 6.45) is 4.44. The number of likely N-dealkylation sites (tertiary alicyclic amines) is 1. The van der Waals surface area contributed by atoms with Crippen molar-refractivity contribution in [3.05, 3.63) is 0 Å². The number of hydrogen-bond donors (Lipinski definition) is 2. The molecule has 0 radical (unpaired) electrons. The lowest BCUT2D eigenvalue weighted by Gasteiger charge is -2.45. The Bertz CT molecular complexity index is 571. The lowest BCUT2D eigenvalue weighted by molar-refractivity contribution is -0.138. The van der Waals surface area contributed by atoms with Gasteiger partial charge in [-0.05, 0) is 39.3 Å². The Balaban J connectivity index is 1.98. The van der Waals surface area contributed by atoms with Gasteiger partial charge in [0.25, 0.3) is 0 Å². The average molecular weight is 411 g/mol. The van der Waals surface area contributed by atoms with Crippen molar-refractivity contribution in [3.8, 4) is 0 Å². The number of hydrogen-bond acceptors (Lipinski definition) is 6. The van der Waals surface area contributed by atoms with Gasteiger partial charge in [-0.25, -0.2) is 4.79 Å². The minimum absolute atomic E-state index is 0.0748. The van der Waals surface area contributed by atoms with Crippen molar-refractivity contribution in [2.45, 2.75) is 51.5 Å². The normalized spacial score (nSPS) is 25.0. The number of carbonyl (C=O) groups excluding carboxylic acids is 3. The molecule has 166 valence electrons. The van der Waals surface area contributed by atoms with E-state index in [0.717, 1.165) is 19.3 Å². The molecule has 0 unspecified atom stereocenters. The van der Waals surface area contributed by atoms with Crippen molar-refractivity contribution in [2.24, 2.45) is 11.8 Å². The van der Waals surface area contributed by atoms with Gasteiger partial charge in [0.15, 0.2) is 0 Å². The largest absolute Gasteiger partial charge is 0.395 e. The Hall–Kier alpha value is -1.51. The third-order valence-corrected chi connectivity index (χ3v) is 6.26. The Kier molecular flexibility index (Phi) is 9.52. The van der Waals surface area contributed by atoms with Gasteiger partial charge in [0.2, 0.25) is 5.91 Å². The monoisotopic (exact) mass is 410 g/mol. The number of urea groups is 1. The quantitative estimate of drug-likeness (QED) is 0.588. The molecule has 1 saturated carbocycles. The molecule has 2 aliphatic rings. The number of imide groups is 1. The fraction of sp³-hybridized carbons (Fsp3) is 0.857. The van der Waals surface area contributed by atoms with Crippen LogP contribution < -0.4 is 5.32 Å². The zero-order chi connectivity index (χ0) is 21.4. The number of Topliss-reactive ketones (excluding diaryl/α,β-unsaturated/α-hetero) is 1. The van der Waals surface area contributed by atoms with E-state index in [2.05, 4.69) is 10.2 Å². The maximum absolute atomic E-state index is 13.3. The van der Waals surface area contributed by atoms with Gasteiger partial charge >= 0.3 is 6.03 Å². The van der Waals surface area contributed by atoms with Crippen LogP contribution in [0, 0.1) is 11.8 Å². The highest BCUT2D eigenvalue weighted by atomic mass is 16.3. The molecule has 0 aromatic carbocycles. The molecule has 0 spiro atoms. The van der Waals surface area contributed by atoms with E-state index in [-0.39, 0.29) is 30.4 Å². The van der Waals surface area contributed by atoms with E-state index in [1.54, 1.807) is 0 Å². The van der Waals surface area contributed by atoms with Crippen LogP contribution in [0.2, 0.25) is 0 Å². The van der Waals surface area contributed by atoms with Crippen LogP contribution >= 0.6 is 0 Å². The molecule has 1 aliphatic heterocycles. The summed E-state index contributed by atoms with van der Waals surface area (Å²) in [6.45, 7) is 4.76. The molecule has 0 aromatic rings. The summed E-state index contributed by atoms with van der Waals surface area (Å²) < 4.78 is 0. The highest BCUT2D eigenvalue weighted by molar-refractivity contribution is 5.95. The predicted octanol–water partition coefficient (Wildman–Crippen LogP) is 0.938. The highest BCUT2D eigenvalue weighted by Crippen LogP contribution is 2.36. The van der Waals surface area contributed by atoms with Crippen LogP contribution in [0.3, 0.4) is 0 Å². The number of ketones is 1. The highest BCUT2D eigenvalue weighted by Gasteiger charge is 2.42. The molecule has 0 bridgehead atoms. The topological polar surface area (TPSA) is 93.2 Å². The summed E-state index contributed by atoms with van der Waals surface area (Å²) in [6, 6.07) is 0.0297. The number of piperidine rings is 1. The Morgan fingerprint density at radius 2 is 2.03 bits per heavy atom. The molecule has 1 saturated heterocycles. The maximum Gasteiger partial charge on any atom is 0.324 e. The Morgan fingerprint density at radius 3 is 2.72 bits per heavy atom. The molecule has 8 heteroatoms. The fourth-order valence-electron chi connectivity index (χ4n) is 4.58. The number of fused-ring (bicyclic) bond motifs is 1. The second kappa shape index (κ2) is 11.6. The van der Waals surface area contributed by atoms with Crippen LogP contribution in [0.4, 0.5) is 4.79 Å².